The lowest BCUT2D eigenvalue weighted by molar-refractivity contribution is -0.140. The summed E-state index contributed by atoms with van der Waals surface area (Å²) in [6.07, 6.45) is 4.35. The molecule has 4 fully saturated rings. The van der Waals surface area contributed by atoms with Crippen LogP contribution in [0.4, 0.5) is 11.4 Å². The monoisotopic (exact) mass is 894 g/mol. The van der Waals surface area contributed by atoms with Gasteiger partial charge in [0.15, 0.2) is 0 Å². The van der Waals surface area contributed by atoms with E-state index in [9.17, 15) is 19.2 Å². The number of hydrogen-bond acceptors (Lipinski definition) is 10. The minimum absolute atomic E-state index is 0.0656. The Hall–Kier alpha value is -3.28. The molecule has 0 aromatic heterocycles. The van der Waals surface area contributed by atoms with Crippen LogP contribution in [0.15, 0.2) is 48.5 Å². The molecule has 2 unspecified atom stereocenters. The molecule has 0 aliphatic carbocycles. The maximum Gasteiger partial charge on any atom is 0.247 e. The molecule has 4 heterocycles. The number of anilines is 2. The van der Waals surface area contributed by atoms with Gasteiger partial charge in [0.2, 0.25) is 23.6 Å². The molecule has 326 valence electrons. The summed E-state index contributed by atoms with van der Waals surface area (Å²) in [5.41, 5.74) is 2.81. The summed E-state index contributed by atoms with van der Waals surface area (Å²) in [5, 5.41) is 18.9. The largest absolute Gasteiger partial charge is 0.367 e. The van der Waals surface area contributed by atoms with Gasteiger partial charge in [0.25, 0.3) is 0 Å². The number of thiocarbonyl (C=S) groups is 2. The van der Waals surface area contributed by atoms with Crippen molar-refractivity contribution in [1.29, 1.82) is 0 Å². The van der Waals surface area contributed by atoms with E-state index < -0.39 is 35.0 Å². The number of likely N-dealkylation sites (N-methyl/N-ethyl adjacent to an activating group) is 2. The summed E-state index contributed by atoms with van der Waals surface area (Å²) in [7, 11) is 3.67. The van der Waals surface area contributed by atoms with Crippen LogP contribution >= 0.6 is 48.0 Å². The first-order chi connectivity index (χ1) is 28.4. The maximum absolute atomic E-state index is 14.0. The highest BCUT2D eigenvalue weighted by Crippen LogP contribution is 2.48. The number of thioether (sulfide) groups is 2. The fourth-order valence-corrected chi connectivity index (χ4v) is 12.5. The summed E-state index contributed by atoms with van der Waals surface area (Å²) < 4.78 is 0. The van der Waals surface area contributed by atoms with E-state index in [0.29, 0.717) is 34.2 Å². The maximum atomic E-state index is 14.0. The Morgan fingerprint density at radius 3 is 1.35 bits per heavy atom. The van der Waals surface area contributed by atoms with E-state index in [1.165, 1.54) is 0 Å². The number of nitrogens with one attached hydrogen (secondary N) is 6. The van der Waals surface area contributed by atoms with Crippen molar-refractivity contribution in [1.82, 2.24) is 31.1 Å². The van der Waals surface area contributed by atoms with E-state index in [4.69, 9.17) is 24.4 Å². The van der Waals surface area contributed by atoms with Crippen LogP contribution in [0, 0.1) is 10.8 Å². The number of fused-ring (bicyclic) bond motifs is 2. The van der Waals surface area contributed by atoms with Gasteiger partial charge < -0.3 is 41.7 Å². The van der Waals surface area contributed by atoms with Crippen LogP contribution in [0.25, 0.3) is 0 Å². The average Bonchev–Trinajstić information content (AvgIpc) is 3.53. The van der Waals surface area contributed by atoms with E-state index in [1.807, 2.05) is 76.5 Å². The van der Waals surface area contributed by atoms with E-state index in [2.05, 4.69) is 59.6 Å². The quantitative estimate of drug-likeness (QED) is 0.145. The molecule has 8 atom stereocenters. The zero-order valence-electron chi connectivity index (χ0n) is 36.1. The molecule has 0 bridgehead atoms. The number of amides is 4. The highest BCUT2D eigenvalue weighted by Gasteiger charge is 2.55. The molecule has 16 heteroatoms. The molecular formula is C44H62N8O4S4. The summed E-state index contributed by atoms with van der Waals surface area (Å²) in [6, 6.07) is 13.5. The lowest BCUT2D eigenvalue weighted by Gasteiger charge is -2.34. The van der Waals surface area contributed by atoms with E-state index in [1.54, 1.807) is 33.3 Å². The number of hydrogen-bond donors (Lipinski definition) is 6. The predicted molar refractivity (Wildman–Crippen MR) is 253 cm³/mol. The summed E-state index contributed by atoms with van der Waals surface area (Å²) in [6.45, 7) is 12.2. The molecule has 4 saturated heterocycles. The molecule has 2 aromatic carbocycles. The second kappa shape index (κ2) is 19.4. The van der Waals surface area contributed by atoms with Gasteiger partial charge in [0.1, 0.15) is 24.2 Å². The highest BCUT2D eigenvalue weighted by molar-refractivity contribution is 8.00. The number of benzene rings is 2. The summed E-state index contributed by atoms with van der Waals surface area (Å²) in [4.78, 5) is 60.7. The summed E-state index contributed by atoms with van der Waals surface area (Å²) >= 11 is 14.6. The predicted octanol–water partition coefficient (Wildman–Crippen LogP) is 5.32. The van der Waals surface area contributed by atoms with Crippen molar-refractivity contribution in [3.63, 3.8) is 0 Å². The molecule has 6 rings (SSSR count). The Balaban J connectivity index is 1.04. The number of aryl methyl sites for hydroxylation is 2. The van der Waals surface area contributed by atoms with Gasteiger partial charge in [0, 0.05) is 11.4 Å². The molecule has 6 N–H and O–H groups in total. The smallest absolute Gasteiger partial charge is 0.247 e. The van der Waals surface area contributed by atoms with Crippen molar-refractivity contribution in [3.8, 4) is 0 Å². The minimum Gasteiger partial charge on any atom is -0.367 e. The Labute approximate surface area is 375 Å². The van der Waals surface area contributed by atoms with E-state index >= 15 is 0 Å². The van der Waals surface area contributed by atoms with Crippen LogP contribution in [-0.4, -0.2) is 116 Å². The SMILES string of the molecule is CNC(C)C(=S)N[C@H]1CCS[C@H]2CC(C)(C)[C@@H](C(=O)Nc3ccc(CCc4ccc(NC(=O)[C@H]5N6C(=O)[C@@H](NC(=S)C(C)NC)CCS[C@H]6CC5(C)C)cc4)cc3)N2C1=O. The van der Waals surface area contributed by atoms with Gasteiger partial charge in [-0.2, -0.15) is 0 Å². The van der Waals surface area contributed by atoms with Crippen LogP contribution in [0.5, 0.6) is 0 Å². The molecule has 0 radical (unpaired) electrons. The summed E-state index contributed by atoms with van der Waals surface area (Å²) in [5.74, 6) is 1.10. The first-order valence-corrected chi connectivity index (χ1v) is 24.0. The second-order valence-corrected chi connectivity index (χ2v) is 21.4. The number of nitrogens with zero attached hydrogens (tertiary/aromatic N) is 2. The third-order valence-electron chi connectivity index (χ3n) is 12.5. The molecule has 2 aromatic rings. The van der Waals surface area contributed by atoms with Gasteiger partial charge in [0.05, 0.1) is 32.8 Å². The van der Waals surface area contributed by atoms with E-state index in [0.717, 1.165) is 48.3 Å². The molecule has 60 heavy (non-hydrogen) atoms. The van der Waals surface area contributed by atoms with Crippen LogP contribution in [0.2, 0.25) is 0 Å². The lowest BCUT2D eigenvalue weighted by Crippen LogP contribution is -2.56. The third kappa shape index (κ3) is 10.3. The normalized spacial score (nSPS) is 26.8. The number of carbonyl (C=O) groups excluding carboxylic acids is 4. The first-order valence-electron chi connectivity index (χ1n) is 21.1. The van der Waals surface area contributed by atoms with Gasteiger partial charge in [-0.05, 0) is 124 Å². The molecule has 0 saturated carbocycles. The van der Waals surface area contributed by atoms with Crippen LogP contribution < -0.4 is 31.9 Å². The zero-order valence-corrected chi connectivity index (χ0v) is 39.3. The first kappa shape index (κ1) is 46.2. The van der Waals surface area contributed by atoms with Crippen molar-refractivity contribution in [2.45, 2.75) is 127 Å². The molecule has 4 amide bonds. The van der Waals surface area contributed by atoms with Crippen LogP contribution in [0.1, 0.15) is 78.4 Å². The van der Waals surface area contributed by atoms with Crippen molar-refractivity contribution in [3.05, 3.63) is 59.7 Å². The van der Waals surface area contributed by atoms with Gasteiger partial charge >= 0.3 is 0 Å². The van der Waals surface area contributed by atoms with Crippen LogP contribution in [-0.2, 0) is 32.0 Å². The minimum atomic E-state index is -0.614. The fourth-order valence-electron chi connectivity index (χ4n) is 8.78. The van der Waals surface area contributed by atoms with E-state index in [-0.39, 0.29) is 46.5 Å². The Kier molecular flexibility index (Phi) is 15.0. The Morgan fingerprint density at radius 2 is 1.02 bits per heavy atom. The topological polar surface area (TPSA) is 147 Å². The second-order valence-electron chi connectivity index (χ2n) is 17.9. The van der Waals surface area contributed by atoms with Gasteiger partial charge in [-0.15, -0.1) is 23.5 Å². The van der Waals surface area contributed by atoms with Crippen molar-refractivity contribution in [2.75, 3.05) is 36.2 Å². The molecule has 4 aliphatic rings. The van der Waals surface area contributed by atoms with Crippen molar-refractivity contribution >= 4 is 92.9 Å². The number of carbonyl (C=O) groups is 4. The number of rotatable bonds is 13. The van der Waals surface area contributed by atoms with Gasteiger partial charge in [-0.25, -0.2) is 0 Å². The zero-order chi connectivity index (χ0) is 43.5. The molecular weight excluding hydrogens is 833 g/mol. The fraction of sp³-hybridized carbons (Fsp3) is 0.591. The Bertz CT molecular complexity index is 1790. The molecule has 4 aliphatic heterocycles. The highest BCUT2D eigenvalue weighted by atomic mass is 32.2. The lowest BCUT2D eigenvalue weighted by atomic mass is 9.84. The average molecular weight is 895 g/mol. The van der Waals surface area contributed by atoms with Crippen molar-refractivity contribution in [2.24, 2.45) is 10.8 Å². The third-order valence-corrected chi connectivity index (χ3v) is 16.0. The molecule has 0 spiro atoms. The standard InChI is InChI=1S/C44H62N8O4S4/c1-25(45-7)39(57)49-31-19-21-59-33-23-43(3,4)35(51(33)41(31)55)37(53)47-29-15-11-27(12-16-29)9-10-28-13-17-30(18-14-28)48-38(54)36-44(5,6)24-34-52(36)42(56)32(20-22-60-34)50-40(58)26(2)46-8/h11-18,25-26,31-36,45-46H,9-10,19-24H2,1-8H3,(H,47,53)(H,48,54)(H,49,57)(H,50,58)/t25?,26?,31-,32-,33-,34-,35+,36+/m0/s1. The van der Waals surface area contributed by atoms with Crippen LogP contribution in [0.3, 0.4) is 0 Å². The molecule has 12 nitrogen and oxygen atoms in total. The van der Waals surface area contributed by atoms with Gasteiger partial charge in [-0.3, -0.25) is 19.2 Å². The Morgan fingerprint density at radius 1 is 0.667 bits per heavy atom. The van der Waals surface area contributed by atoms with Crippen molar-refractivity contribution < 1.29 is 19.2 Å². The van der Waals surface area contributed by atoms with Gasteiger partial charge in [-0.1, -0.05) is 76.4 Å².